The Morgan fingerprint density at radius 1 is 0.404 bits per heavy atom. The molecule has 0 saturated heterocycles. The molecule has 0 spiro atoms. The third kappa shape index (κ3) is 5.25. The summed E-state index contributed by atoms with van der Waals surface area (Å²) in [5.41, 5.74) is 9.82. The van der Waals surface area contributed by atoms with E-state index in [0.29, 0.717) is 23.4 Å². The maximum absolute atomic E-state index is 6.27. The zero-order chi connectivity index (χ0) is 34.4. The first-order valence-electron chi connectivity index (χ1n) is 17.1. The quantitative estimate of drug-likeness (QED) is 0.174. The Morgan fingerprint density at radius 3 is 1.75 bits per heavy atom. The van der Waals surface area contributed by atoms with Crippen LogP contribution in [0, 0.1) is 0 Å². The lowest BCUT2D eigenvalue weighted by Crippen LogP contribution is -2.01. The predicted molar refractivity (Wildman–Crippen MR) is 213 cm³/mol. The van der Waals surface area contributed by atoms with Crippen molar-refractivity contribution >= 4 is 42.6 Å². The Hall–Kier alpha value is -6.76. The van der Waals surface area contributed by atoms with Crippen molar-refractivity contribution in [1.29, 1.82) is 0 Å². The van der Waals surface area contributed by atoms with E-state index in [1.165, 1.54) is 4.70 Å². The lowest BCUT2D eigenvalue weighted by molar-refractivity contribution is 0.620. The molecule has 244 valence electrons. The number of oxazole rings is 1. The standard InChI is InChI=1S/C46H28N4OS/c1-4-14-29(15-5-1)32-20-12-21-33(28-32)44-48-43(30-16-6-2-7-17-30)49-45(50-44)36-23-11-10-22-34(36)35-24-13-25-37-40-39(52-42(35)37)27-26-38-41(40)47-46(51-38)31-18-8-3-9-19-31/h1-28H. The van der Waals surface area contributed by atoms with Gasteiger partial charge in [0.05, 0.1) is 0 Å². The summed E-state index contributed by atoms with van der Waals surface area (Å²) < 4.78 is 8.61. The van der Waals surface area contributed by atoms with Gasteiger partial charge in [0.1, 0.15) is 5.52 Å². The number of fused-ring (bicyclic) bond motifs is 5. The highest BCUT2D eigenvalue weighted by Crippen LogP contribution is 2.45. The first-order valence-corrected chi connectivity index (χ1v) is 18.0. The Morgan fingerprint density at radius 2 is 0.981 bits per heavy atom. The number of hydrogen-bond donors (Lipinski definition) is 0. The van der Waals surface area contributed by atoms with Crippen molar-refractivity contribution in [3.8, 4) is 67.9 Å². The molecule has 0 aliphatic heterocycles. The van der Waals surface area contributed by atoms with Crippen LogP contribution in [0.4, 0.5) is 0 Å². The predicted octanol–water partition coefficient (Wildman–Crippen LogP) is 12.4. The average molecular weight is 685 g/mol. The van der Waals surface area contributed by atoms with E-state index in [1.807, 2.05) is 72.8 Å². The molecule has 0 fully saturated rings. The molecule has 5 nitrogen and oxygen atoms in total. The Labute approximate surface area is 303 Å². The minimum absolute atomic E-state index is 0.620. The highest BCUT2D eigenvalue weighted by atomic mass is 32.1. The normalized spacial score (nSPS) is 11.5. The fraction of sp³-hybridized carbons (Fsp3) is 0. The van der Waals surface area contributed by atoms with E-state index in [2.05, 4.69) is 97.1 Å². The summed E-state index contributed by atoms with van der Waals surface area (Å²) in [7, 11) is 0. The molecule has 0 bridgehead atoms. The summed E-state index contributed by atoms with van der Waals surface area (Å²) in [5.74, 6) is 2.49. The number of nitrogens with zero attached hydrogens (tertiary/aromatic N) is 4. The van der Waals surface area contributed by atoms with Crippen LogP contribution in [-0.4, -0.2) is 19.9 Å². The topological polar surface area (TPSA) is 64.7 Å². The summed E-state index contributed by atoms with van der Waals surface area (Å²) in [6, 6.07) is 58.0. The number of thiophene rings is 1. The van der Waals surface area contributed by atoms with Gasteiger partial charge in [0.25, 0.3) is 0 Å². The second-order valence-corrected chi connectivity index (χ2v) is 13.7. The minimum Gasteiger partial charge on any atom is -0.436 e. The van der Waals surface area contributed by atoms with Gasteiger partial charge in [-0.25, -0.2) is 19.9 Å². The van der Waals surface area contributed by atoms with E-state index in [9.17, 15) is 0 Å². The maximum Gasteiger partial charge on any atom is 0.227 e. The Kier molecular flexibility index (Phi) is 7.25. The van der Waals surface area contributed by atoms with E-state index in [-0.39, 0.29) is 0 Å². The Bertz CT molecular complexity index is 2900. The van der Waals surface area contributed by atoms with Crippen LogP contribution < -0.4 is 0 Å². The minimum atomic E-state index is 0.620. The van der Waals surface area contributed by atoms with Gasteiger partial charge in [0.2, 0.25) is 5.89 Å². The summed E-state index contributed by atoms with van der Waals surface area (Å²) in [5, 5.41) is 2.25. The molecular formula is C46H28N4OS. The highest BCUT2D eigenvalue weighted by molar-refractivity contribution is 7.26. The largest absolute Gasteiger partial charge is 0.436 e. The van der Waals surface area contributed by atoms with Gasteiger partial charge in [-0.15, -0.1) is 11.3 Å². The van der Waals surface area contributed by atoms with Gasteiger partial charge in [-0.05, 0) is 47.0 Å². The van der Waals surface area contributed by atoms with Crippen LogP contribution in [0.2, 0.25) is 0 Å². The third-order valence-electron chi connectivity index (χ3n) is 9.39. The molecule has 0 amide bonds. The first-order chi connectivity index (χ1) is 25.8. The molecule has 7 aromatic carbocycles. The third-order valence-corrected chi connectivity index (χ3v) is 10.6. The molecule has 0 unspecified atom stereocenters. The lowest BCUT2D eigenvalue weighted by atomic mass is 9.97. The van der Waals surface area contributed by atoms with Crippen LogP contribution in [0.15, 0.2) is 174 Å². The molecule has 0 N–H and O–H groups in total. The lowest BCUT2D eigenvalue weighted by Gasteiger charge is -2.13. The van der Waals surface area contributed by atoms with Crippen molar-refractivity contribution in [2.45, 2.75) is 0 Å². The summed E-state index contributed by atoms with van der Waals surface area (Å²) >= 11 is 1.77. The number of rotatable bonds is 6. The van der Waals surface area contributed by atoms with Crippen molar-refractivity contribution in [2.75, 3.05) is 0 Å². The van der Waals surface area contributed by atoms with Gasteiger partial charge in [-0.1, -0.05) is 140 Å². The molecule has 0 radical (unpaired) electrons. The molecule has 3 aromatic heterocycles. The van der Waals surface area contributed by atoms with Crippen LogP contribution in [0.25, 0.3) is 99.1 Å². The van der Waals surface area contributed by atoms with E-state index in [1.54, 1.807) is 11.3 Å². The van der Waals surface area contributed by atoms with E-state index in [0.717, 1.165) is 71.1 Å². The maximum atomic E-state index is 6.27. The van der Waals surface area contributed by atoms with E-state index < -0.39 is 0 Å². The van der Waals surface area contributed by atoms with Crippen LogP contribution in [0.3, 0.4) is 0 Å². The van der Waals surface area contributed by atoms with Gasteiger partial charge in [-0.2, -0.15) is 0 Å². The second kappa shape index (κ2) is 12.5. The smallest absolute Gasteiger partial charge is 0.227 e. The fourth-order valence-electron chi connectivity index (χ4n) is 6.91. The summed E-state index contributed by atoms with van der Waals surface area (Å²) in [4.78, 5) is 20.3. The SMILES string of the molecule is c1ccc(-c2cccc(-c3nc(-c4ccccc4)nc(-c4ccccc4-c4cccc5c4sc4ccc6oc(-c7ccccc7)nc6c45)n3)c2)cc1. The molecule has 10 aromatic rings. The molecule has 52 heavy (non-hydrogen) atoms. The molecule has 0 atom stereocenters. The van der Waals surface area contributed by atoms with Gasteiger partial charge in [0.15, 0.2) is 23.1 Å². The van der Waals surface area contributed by atoms with Crippen molar-refractivity contribution in [1.82, 2.24) is 19.9 Å². The number of aromatic nitrogens is 4. The monoisotopic (exact) mass is 684 g/mol. The first kappa shape index (κ1) is 30.1. The second-order valence-electron chi connectivity index (χ2n) is 12.6. The Balaban J connectivity index is 1.15. The van der Waals surface area contributed by atoms with Gasteiger partial charge < -0.3 is 4.42 Å². The fourth-order valence-corrected chi connectivity index (χ4v) is 8.15. The van der Waals surface area contributed by atoms with Gasteiger partial charge in [0, 0.05) is 48.0 Å². The summed E-state index contributed by atoms with van der Waals surface area (Å²) in [6.07, 6.45) is 0. The van der Waals surface area contributed by atoms with Crippen LogP contribution >= 0.6 is 11.3 Å². The number of benzene rings is 7. The zero-order valence-electron chi connectivity index (χ0n) is 27.8. The van der Waals surface area contributed by atoms with Gasteiger partial charge >= 0.3 is 0 Å². The van der Waals surface area contributed by atoms with Crippen molar-refractivity contribution < 1.29 is 4.42 Å². The molecule has 0 aliphatic carbocycles. The van der Waals surface area contributed by atoms with Crippen molar-refractivity contribution in [3.63, 3.8) is 0 Å². The molecule has 0 aliphatic rings. The van der Waals surface area contributed by atoms with Crippen LogP contribution in [-0.2, 0) is 0 Å². The van der Waals surface area contributed by atoms with Gasteiger partial charge in [-0.3, -0.25) is 0 Å². The zero-order valence-corrected chi connectivity index (χ0v) is 28.6. The summed E-state index contributed by atoms with van der Waals surface area (Å²) in [6.45, 7) is 0. The highest BCUT2D eigenvalue weighted by Gasteiger charge is 2.20. The van der Waals surface area contributed by atoms with Crippen LogP contribution in [0.1, 0.15) is 0 Å². The van der Waals surface area contributed by atoms with Crippen LogP contribution in [0.5, 0.6) is 0 Å². The van der Waals surface area contributed by atoms with E-state index >= 15 is 0 Å². The van der Waals surface area contributed by atoms with E-state index in [4.69, 9.17) is 24.4 Å². The molecule has 3 heterocycles. The van der Waals surface area contributed by atoms with Crippen molar-refractivity contribution in [2.24, 2.45) is 0 Å². The molecular weight excluding hydrogens is 657 g/mol. The molecule has 6 heteroatoms. The average Bonchev–Trinajstić information content (AvgIpc) is 3.84. The molecule has 10 rings (SSSR count). The van der Waals surface area contributed by atoms with Crippen molar-refractivity contribution in [3.05, 3.63) is 170 Å². The molecule has 0 saturated carbocycles. The number of hydrogen-bond acceptors (Lipinski definition) is 6.